The zero-order valence-electron chi connectivity index (χ0n) is 30.1. The van der Waals surface area contributed by atoms with Gasteiger partial charge >= 0.3 is 0 Å². The number of nitrogens with zero attached hydrogens (tertiary/aromatic N) is 2. The molecule has 3 aromatic carbocycles. The average molecular weight is 775 g/mol. The van der Waals surface area contributed by atoms with Crippen LogP contribution in [0.4, 0.5) is 11.4 Å². The molecule has 5 nitrogen and oxygen atoms in total. The molecule has 0 aromatic heterocycles. The van der Waals surface area contributed by atoms with Gasteiger partial charge < -0.3 is 10.0 Å². The normalized spacial score (nSPS) is 20.1. The van der Waals surface area contributed by atoms with Gasteiger partial charge in [-0.25, -0.2) is 0 Å². The summed E-state index contributed by atoms with van der Waals surface area (Å²) in [6.07, 6.45) is 7.64. The van der Waals surface area contributed by atoms with Crippen molar-refractivity contribution >= 4 is 80.8 Å². The number of fused-ring (bicyclic) bond motifs is 3. The van der Waals surface area contributed by atoms with E-state index in [0.717, 1.165) is 72.7 Å². The predicted octanol–water partition coefficient (Wildman–Crippen LogP) is 10.7. The molecule has 2 aliphatic carbocycles. The molecule has 0 fully saturated rings. The number of Topliss-reactive ketones (excluding diaryl/α,β-unsaturated/α-hetero) is 2. The Hall–Kier alpha value is -3.61. The molecule has 0 N–H and O–H groups in total. The van der Waals surface area contributed by atoms with E-state index in [1.54, 1.807) is 0 Å². The molecule has 0 unspecified atom stereocenters. The highest BCUT2D eigenvalue weighted by molar-refractivity contribution is 6.54. The van der Waals surface area contributed by atoms with Gasteiger partial charge in [0.15, 0.2) is 17.3 Å². The number of carbonyl (C=O) groups is 2. The number of hydrogen-bond donors (Lipinski definition) is 0. The maximum atomic E-state index is 14.7. The number of unbranched alkanes of at least 4 members (excludes halogenated alkanes) is 2. The van der Waals surface area contributed by atoms with Crippen molar-refractivity contribution in [3.63, 3.8) is 0 Å². The van der Waals surface area contributed by atoms with Gasteiger partial charge in [-0.1, -0.05) is 129 Å². The van der Waals surface area contributed by atoms with Crippen LogP contribution < -0.4 is 10.0 Å². The summed E-state index contributed by atoms with van der Waals surface area (Å²) in [5.74, 6) is -1.50. The molecule has 0 amide bonds. The van der Waals surface area contributed by atoms with E-state index in [-0.39, 0.29) is 42.6 Å². The van der Waals surface area contributed by atoms with Crippen molar-refractivity contribution in [2.24, 2.45) is 0 Å². The molecule has 3 aromatic rings. The van der Waals surface area contributed by atoms with E-state index in [1.165, 1.54) is 0 Å². The molecule has 2 aliphatic heterocycles. The molecule has 0 spiro atoms. The average Bonchev–Trinajstić information content (AvgIpc) is 3.60. The number of allylic oxidation sites excluding steroid dienone is 7. The predicted molar refractivity (Wildman–Crippen MR) is 212 cm³/mol. The smallest absolute Gasteiger partial charge is 0.209 e. The summed E-state index contributed by atoms with van der Waals surface area (Å²) >= 11 is 26.0. The molecule has 7 rings (SSSR count). The third kappa shape index (κ3) is 5.29. The van der Waals surface area contributed by atoms with Crippen molar-refractivity contribution < 1.29 is 19.3 Å². The minimum absolute atomic E-state index is 0.0942. The lowest BCUT2D eigenvalue weighted by atomic mass is 9.72. The fourth-order valence-corrected chi connectivity index (χ4v) is 9.25. The quantitative estimate of drug-likeness (QED) is 0.0940. The van der Waals surface area contributed by atoms with Crippen molar-refractivity contribution in [3.8, 4) is 0 Å². The van der Waals surface area contributed by atoms with E-state index in [9.17, 15) is 14.7 Å². The third-order valence-corrected chi connectivity index (χ3v) is 12.9. The van der Waals surface area contributed by atoms with Crippen LogP contribution in [0.3, 0.4) is 0 Å². The number of ketones is 2. The lowest BCUT2D eigenvalue weighted by Crippen LogP contribution is -2.33. The summed E-state index contributed by atoms with van der Waals surface area (Å²) in [5, 5.41) is 14.0. The Kier molecular flexibility index (Phi) is 9.43. The first-order valence-corrected chi connectivity index (χ1v) is 19.4. The Morgan fingerprint density at radius 2 is 1.35 bits per heavy atom. The third-order valence-electron chi connectivity index (χ3n) is 11.1. The summed E-state index contributed by atoms with van der Waals surface area (Å²) in [6, 6.07) is 16.5. The van der Waals surface area contributed by atoms with Gasteiger partial charge in [0.25, 0.3) is 0 Å². The Labute approximate surface area is 325 Å². The summed E-state index contributed by atoms with van der Waals surface area (Å²) in [7, 11) is 0. The molecule has 9 heteroatoms. The van der Waals surface area contributed by atoms with E-state index < -0.39 is 22.4 Å². The first kappa shape index (κ1) is 36.7. The minimum atomic E-state index is -0.631. The molecule has 0 saturated heterocycles. The Balaban J connectivity index is 1.50. The molecule has 4 aliphatic rings. The number of rotatable bonds is 9. The molecule has 0 bridgehead atoms. The fraction of sp³-hybridized carbons (Fsp3) is 0.326. The zero-order valence-corrected chi connectivity index (χ0v) is 33.2. The van der Waals surface area contributed by atoms with Gasteiger partial charge in [-0.15, -0.1) is 0 Å². The maximum absolute atomic E-state index is 14.7. The van der Waals surface area contributed by atoms with E-state index >= 15 is 0 Å². The Bertz CT molecular complexity index is 2270. The number of anilines is 1. The number of carbonyl (C=O) groups excluding carboxylic acids is 2. The highest BCUT2D eigenvalue weighted by Crippen LogP contribution is 2.54. The highest BCUT2D eigenvalue weighted by Gasteiger charge is 2.49. The fourth-order valence-electron chi connectivity index (χ4n) is 8.23. The van der Waals surface area contributed by atoms with Crippen LogP contribution in [0.25, 0.3) is 5.76 Å². The van der Waals surface area contributed by atoms with Crippen LogP contribution in [0.5, 0.6) is 0 Å². The minimum Gasteiger partial charge on any atom is -0.871 e. The molecular weight excluding hydrogens is 734 g/mol. The lowest BCUT2D eigenvalue weighted by molar-refractivity contribution is -0.438. The van der Waals surface area contributed by atoms with Crippen molar-refractivity contribution in [1.82, 2.24) is 0 Å². The Morgan fingerprint density at radius 3 is 2.02 bits per heavy atom. The van der Waals surface area contributed by atoms with Crippen LogP contribution in [-0.4, -0.2) is 34.9 Å². The second kappa shape index (κ2) is 13.4. The van der Waals surface area contributed by atoms with Crippen LogP contribution in [0.1, 0.15) is 94.3 Å². The van der Waals surface area contributed by atoms with Gasteiger partial charge in [-0.2, -0.15) is 4.58 Å². The molecule has 268 valence electrons. The van der Waals surface area contributed by atoms with Crippen molar-refractivity contribution in [2.75, 3.05) is 18.0 Å². The summed E-state index contributed by atoms with van der Waals surface area (Å²) in [5.41, 5.74) is 5.91. The highest BCUT2D eigenvalue weighted by atomic mass is 35.5. The van der Waals surface area contributed by atoms with E-state index in [0.29, 0.717) is 16.7 Å². The molecule has 0 saturated carbocycles. The van der Waals surface area contributed by atoms with Crippen LogP contribution in [0.2, 0.25) is 20.1 Å². The van der Waals surface area contributed by atoms with Crippen molar-refractivity contribution in [2.45, 2.75) is 78.1 Å². The summed E-state index contributed by atoms with van der Waals surface area (Å²) in [4.78, 5) is 31.4. The SMILES string of the molecule is CCCCN1/C(=C/C2=C(C3=C([O-])c4c(Cl)c(Cl)c(Cl)c(Cl)c4C3=O)C(=C/C3=[N+](CCCC)c4ccccc4C3(C)C)/C2=O)C(C)(C)c2ccccc21. The van der Waals surface area contributed by atoms with E-state index in [4.69, 9.17) is 46.4 Å². The van der Waals surface area contributed by atoms with Gasteiger partial charge in [0.1, 0.15) is 6.54 Å². The number of hydrogen-bond acceptors (Lipinski definition) is 4. The Morgan fingerprint density at radius 1 is 0.731 bits per heavy atom. The van der Waals surface area contributed by atoms with Crippen LogP contribution in [0.15, 0.2) is 88.7 Å². The maximum Gasteiger partial charge on any atom is 0.209 e. The molecule has 0 radical (unpaired) electrons. The largest absolute Gasteiger partial charge is 0.871 e. The zero-order chi connectivity index (χ0) is 37.4. The molecule has 0 atom stereocenters. The topological polar surface area (TPSA) is 63.4 Å². The van der Waals surface area contributed by atoms with E-state index in [2.05, 4.69) is 75.3 Å². The van der Waals surface area contributed by atoms with Gasteiger partial charge in [-0.05, 0) is 38.0 Å². The lowest BCUT2D eigenvalue weighted by Gasteiger charge is -2.32. The molecule has 52 heavy (non-hydrogen) atoms. The monoisotopic (exact) mass is 772 g/mol. The molecule has 2 heterocycles. The van der Waals surface area contributed by atoms with Gasteiger partial charge in [0, 0.05) is 75.3 Å². The second-order valence-corrected chi connectivity index (χ2v) is 16.4. The molecular formula is C43H40Cl4N2O3. The number of benzene rings is 3. The summed E-state index contributed by atoms with van der Waals surface area (Å²) in [6.45, 7) is 14.4. The summed E-state index contributed by atoms with van der Waals surface area (Å²) < 4.78 is 2.27. The van der Waals surface area contributed by atoms with Crippen molar-refractivity contribution in [1.29, 1.82) is 0 Å². The van der Waals surface area contributed by atoms with Crippen LogP contribution in [0, 0.1) is 0 Å². The number of halogens is 4. The first-order valence-electron chi connectivity index (χ1n) is 17.9. The number of para-hydroxylation sites is 2. The van der Waals surface area contributed by atoms with E-state index in [1.807, 2.05) is 36.4 Å². The standard InChI is InChI=1S/C43H40Cl4N2O3/c1-7-9-19-48-27-17-13-11-15-25(27)42(3,4)29(48)21-23-31(34-40(51)32-33(41(34)52)36(45)38(47)37(46)35(32)44)24(39(23)50)22-30-43(5,6)26-16-12-14-18-28(26)49(30)20-10-8-2/h11-18,21-22H,7-10,19-20H2,1-6H3. The van der Waals surface area contributed by atoms with Gasteiger partial charge in [-0.3, -0.25) is 9.59 Å². The first-order chi connectivity index (χ1) is 24.7. The second-order valence-electron chi connectivity index (χ2n) is 14.9. The van der Waals surface area contributed by atoms with Gasteiger partial charge in [0.05, 0.1) is 31.1 Å². The van der Waals surface area contributed by atoms with Crippen molar-refractivity contribution in [3.05, 3.63) is 131 Å². The van der Waals surface area contributed by atoms with Gasteiger partial charge in [0.2, 0.25) is 5.69 Å². The van der Waals surface area contributed by atoms with Crippen LogP contribution >= 0.6 is 46.4 Å². The van der Waals surface area contributed by atoms with Crippen LogP contribution in [-0.2, 0) is 15.6 Å².